The van der Waals surface area contributed by atoms with Crippen LogP contribution in [0.1, 0.15) is 39.5 Å². The van der Waals surface area contributed by atoms with E-state index >= 15 is 0 Å². The number of rotatable bonds is 12. The van der Waals surface area contributed by atoms with Gasteiger partial charge in [0, 0.05) is 6.42 Å². The van der Waals surface area contributed by atoms with Crippen LogP contribution in [-0.4, -0.2) is 58.0 Å². The SMILES string of the molecule is CC[C@H](C)[C@H](N)C(=O)N[C@@H](CC(N)=O)C(=O)N[C@@H](CCC(=O)O)C(=O)O. The van der Waals surface area contributed by atoms with Crippen LogP contribution in [0.15, 0.2) is 0 Å². The second-order valence-corrected chi connectivity index (χ2v) is 5.97. The molecule has 0 aromatic rings. The van der Waals surface area contributed by atoms with E-state index in [9.17, 15) is 24.0 Å². The summed E-state index contributed by atoms with van der Waals surface area (Å²) in [7, 11) is 0. The first-order chi connectivity index (χ1) is 12.0. The normalized spacial score (nSPS) is 15.2. The zero-order valence-corrected chi connectivity index (χ0v) is 14.7. The molecule has 26 heavy (non-hydrogen) atoms. The Morgan fingerprint density at radius 1 is 1.00 bits per heavy atom. The van der Waals surface area contributed by atoms with Gasteiger partial charge in [-0.1, -0.05) is 20.3 Å². The first kappa shape index (κ1) is 23.3. The summed E-state index contributed by atoms with van der Waals surface area (Å²) in [5.41, 5.74) is 10.8. The number of amides is 3. The van der Waals surface area contributed by atoms with Gasteiger partial charge in [0.1, 0.15) is 12.1 Å². The maximum atomic E-state index is 12.3. The Hall–Kier alpha value is -2.69. The summed E-state index contributed by atoms with van der Waals surface area (Å²) in [6.07, 6.45) is -0.795. The van der Waals surface area contributed by atoms with Gasteiger partial charge < -0.3 is 32.3 Å². The Kier molecular flexibility index (Phi) is 9.89. The lowest BCUT2D eigenvalue weighted by Gasteiger charge is -2.23. The Bertz CT molecular complexity index is 552. The van der Waals surface area contributed by atoms with Crippen molar-refractivity contribution in [3.63, 3.8) is 0 Å². The molecule has 0 aliphatic heterocycles. The van der Waals surface area contributed by atoms with Crippen LogP contribution in [0.2, 0.25) is 0 Å². The average Bonchev–Trinajstić information content (AvgIpc) is 2.55. The van der Waals surface area contributed by atoms with Crippen molar-refractivity contribution < 1.29 is 34.2 Å². The summed E-state index contributed by atoms with van der Waals surface area (Å²) < 4.78 is 0. The topological polar surface area (TPSA) is 202 Å². The fourth-order valence-electron chi connectivity index (χ4n) is 1.99. The van der Waals surface area contributed by atoms with Crippen molar-refractivity contribution in [2.24, 2.45) is 17.4 Å². The number of carbonyl (C=O) groups excluding carboxylic acids is 3. The molecule has 0 spiro atoms. The molecule has 0 saturated heterocycles. The lowest BCUT2D eigenvalue weighted by molar-refractivity contribution is -0.143. The monoisotopic (exact) mass is 374 g/mol. The molecule has 0 aliphatic rings. The fraction of sp³-hybridized carbons (Fsp3) is 0.667. The van der Waals surface area contributed by atoms with Crippen molar-refractivity contribution in [2.75, 3.05) is 0 Å². The second kappa shape index (κ2) is 11.0. The number of carboxylic acid groups (broad SMARTS) is 2. The number of aliphatic carboxylic acids is 2. The fourth-order valence-corrected chi connectivity index (χ4v) is 1.99. The van der Waals surface area contributed by atoms with Crippen LogP contribution in [0, 0.1) is 5.92 Å². The van der Waals surface area contributed by atoms with Crippen LogP contribution in [0.3, 0.4) is 0 Å². The standard InChI is InChI=1S/C15H26N4O7/c1-3-7(2)12(17)14(24)19-9(6-10(16)20)13(23)18-8(15(25)26)4-5-11(21)22/h7-9,12H,3-6,17H2,1-2H3,(H2,16,20)(H,18,23)(H,19,24)(H,21,22)(H,25,26)/t7-,8-,9-,12-/m0/s1. The third kappa shape index (κ3) is 8.42. The quantitative estimate of drug-likeness (QED) is 0.228. The summed E-state index contributed by atoms with van der Waals surface area (Å²) in [5, 5.41) is 22.1. The smallest absolute Gasteiger partial charge is 0.326 e. The number of nitrogens with two attached hydrogens (primary N) is 2. The van der Waals surface area contributed by atoms with Crippen molar-refractivity contribution in [3.05, 3.63) is 0 Å². The largest absolute Gasteiger partial charge is 0.481 e. The maximum Gasteiger partial charge on any atom is 0.326 e. The molecule has 0 bridgehead atoms. The van der Waals surface area contributed by atoms with Crippen LogP contribution in [0.5, 0.6) is 0 Å². The summed E-state index contributed by atoms with van der Waals surface area (Å²) in [5.74, 6) is -5.40. The van der Waals surface area contributed by atoms with E-state index in [0.717, 1.165) is 0 Å². The highest BCUT2D eigenvalue weighted by Crippen LogP contribution is 2.06. The van der Waals surface area contributed by atoms with Gasteiger partial charge in [0.2, 0.25) is 17.7 Å². The van der Waals surface area contributed by atoms with Crippen LogP contribution in [0.25, 0.3) is 0 Å². The molecule has 0 aromatic carbocycles. The van der Waals surface area contributed by atoms with Crippen molar-refractivity contribution >= 4 is 29.7 Å². The minimum Gasteiger partial charge on any atom is -0.481 e. The highest BCUT2D eigenvalue weighted by Gasteiger charge is 2.30. The van der Waals surface area contributed by atoms with Gasteiger partial charge >= 0.3 is 11.9 Å². The molecular formula is C15H26N4O7. The van der Waals surface area contributed by atoms with E-state index in [0.29, 0.717) is 6.42 Å². The van der Waals surface area contributed by atoms with E-state index in [2.05, 4.69) is 10.6 Å². The number of hydrogen-bond donors (Lipinski definition) is 6. The summed E-state index contributed by atoms with van der Waals surface area (Å²) >= 11 is 0. The van der Waals surface area contributed by atoms with Crippen LogP contribution in [-0.2, 0) is 24.0 Å². The van der Waals surface area contributed by atoms with E-state index in [1.54, 1.807) is 6.92 Å². The van der Waals surface area contributed by atoms with E-state index in [1.165, 1.54) is 0 Å². The van der Waals surface area contributed by atoms with Gasteiger partial charge in [-0.2, -0.15) is 0 Å². The molecule has 0 rings (SSSR count). The van der Waals surface area contributed by atoms with E-state index < -0.39 is 60.6 Å². The Morgan fingerprint density at radius 3 is 1.96 bits per heavy atom. The lowest BCUT2D eigenvalue weighted by atomic mass is 9.99. The summed E-state index contributed by atoms with van der Waals surface area (Å²) in [6.45, 7) is 3.56. The van der Waals surface area contributed by atoms with Gasteiger partial charge in [0.15, 0.2) is 0 Å². The van der Waals surface area contributed by atoms with Gasteiger partial charge in [-0.15, -0.1) is 0 Å². The predicted molar refractivity (Wildman–Crippen MR) is 89.6 cm³/mol. The highest BCUT2D eigenvalue weighted by atomic mass is 16.4. The molecule has 0 saturated carbocycles. The third-order valence-electron chi connectivity index (χ3n) is 3.86. The molecule has 4 atom stereocenters. The second-order valence-electron chi connectivity index (χ2n) is 5.97. The number of carboxylic acids is 2. The molecular weight excluding hydrogens is 348 g/mol. The summed E-state index contributed by atoms with van der Waals surface area (Å²) in [4.78, 5) is 57.2. The molecule has 0 aliphatic carbocycles. The number of nitrogens with one attached hydrogen (secondary N) is 2. The molecule has 148 valence electrons. The Labute approximate surface area is 150 Å². The van der Waals surface area contributed by atoms with Gasteiger partial charge in [0.25, 0.3) is 0 Å². The van der Waals surface area contributed by atoms with Crippen LogP contribution >= 0.6 is 0 Å². The van der Waals surface area contributed by atoms with Crippen molar-refractivity contribution in [1.82, 2.24) is 10.6 Å². The first-order valence-electron chi connectivity index (χ1n) is 8.08. The molecule has 8 N–H and O–H groups in total. The molecule has 0 radical (unpaired) electrons. The Morgan fingerprint density at radius 2 is 1.54 bits per heavy atom. The van der Waals surface area contributed by atoms with Crippen LogP contribution in [0.4, 0.5) is 0 Å². The van der Waals surface area contributed by atoms with Gasteiger partial charge in [-0.3, -0.25) is 19.2 Å². The van der Waals surface area contributed by atoms with E-state index in [1.807, 2.05) is 6.92 Å². The van der Waals surface area contributed by atoms with Gasteiger partial charge in [-0.25, -0.2) is 4.79 Å². The van der Waals surface area contributed by atoms with E-state index in [4.69, 9.17) is 21.7 Å². The minimum absolute atomic E-state index is 0.186. The van der Waals surface area contributed by atoms with E-state index in [-0.39, 0.29) is 12.3 Å². The minimum atomic E-state index is -1.49. The number of hydrogen-bond acceptors (Lipinski definition) is 6. The molecule has 0 aromatic heterocycles. The molecule has 0 fully saturated rings. The maximum absolute atomic E-state index is 12.3. The zero-order chi connectivity index (χ0) is 20.4. The first-order valence-corrected chi connectivity index (χ1v) is 8.08. The average molecular weight is 374 g/mol. The molecule has 11 nitrogen and oxygen atoms in total. The summed E-state index contributed by atoms with van der Waals surface area (Å²) in [6, 6.07) is -3.83. The van der Waals surface area contributed by atoms with Crippen molar-refractivity contribution in [2.45, 2.75) is 57.7 Å². The van der Waals surface area contributed by atoms with Gasteiger partial charge in [-0.05, 0) is 12.3 Å². The molecule has 0 heterocycles. The molecule has 11 heteroatoms. The van der Waals surface area contributed by atoms with Gasteiger partial charge in [0.05, 0.1) is 12.5 Å². The zero-order valence-electron chi connectivity index (χ0n) is 14.7. The third-order valence-corrected chi connectivity index (χ3v) is 3.86. The van der Waals surface area contributed by atoms with Crippen molar-refractivity contribution in [3.8, 4) is 0 Å². The predicted octanol–water partition coefficient (Wildman–Crippen LogP) is -1.85. The van der Waals surface area contributed by atoms with Crippen LogP contribution < -0.4 is 22.1 Å². The number of primary amides is 1. The lowest BCUT2D eigenvalue weighted by Crippen LogP contribution is -2.56. The van der Waals surface area contributed by atoms with Crippen molar-refractivity contribution in [1.29, 1.82) is 0 Å². The number of carbonyl (C=O) groups is 5. The Balaban J connectivity index is 5.11. The molecule has 3 amide bonds. The molecule has 0 unspecified atom stereocenters. The highest BCUT2D eigenvalue weighted by molar-refractivity contribution is 5.94.